The van der Waals surface area contributed by atoms with Crippen molar-refractivity contribution in [2.75, 3.05) is 5.32 Å². The Labute approximate surface area is 122 Å². The maximum atomic E-state index is 12.5. The highest BCUT2D eigenvalue weighted by molar-refractivity contribution is 6.06. The lowest BCUT2D eigenvalue weighted by Crippen LogP contribution is -2.14. The lowest BCUT2D eigenvalue weighted by atomic mass is 10.2. The summed E-state index contributed by atoms with van der Waals surface area (Å²) in [6.07, 6.45) is 5.36. The predicted octanol–water partition coefficient (Wildman–Crippen LogP) is 2.77. The van der Waals surface area contributed by atoms with Crippen molar-refractivity contribution in [2.24, 2.45) is 7.05 Å². The van der Waals surface area contributed by atoms with Crippen LogP contribution in [-0.2, 0) is 7.05 Å². The number of anilines is 1. The molecule has 0 unspecified atom stereocenters. The lowest BCUT2D eigenvalue weighted by Gasteiger charge is -2.08. The van der Waals surface area contributed by atoms with Crippen LogP contribution < -0.4 is 5.32 Å². The second kappa shape index (κ2) is 5.28. The van der Waals surface area contributed by atoms with Gasteiger partial charge in [-0.05, 0) is 31.2 Å². The smallest absolute Gasteiger partial charge is 0.261 e. The van der Waals surface area contributed by atoms with Gasteiger partial charge < -0.3 is 9.88 Å². The fourth-order valence-electron chi connectivity index (χ4n) is 2.21. The van der Waals surface area contributed by atoms with Crippen LogP contribution in [0.15, 0.2) is 55.0 Å². The molecule has 1 amide bonds. The maximum absolute atomic E-state index is 12.5. The zero-order valence-corrected chi connectivity index (χ0v) is 11.9. The van der Waals surface area contributed by atoms with E-state index in [1.54, 1.807) is 10.9 Å². The number of amides is 1. The first-order valence-electron chi connectivity index (χ1n) is 6.68. The SMILES string of the molecule is Cc1ccc(NC(=O)c2cnn(C)c2-n2cccc2)cc1. The first-order chi connectivity index (χ1) is 10.1. The molecule has 2 aromatic heterocycles. The maximum Gasteiger partial charge on any atom is 0.261 e. The molecule has 5 heteroatoms. The van der Waals surface area contributed by atoms with Gasteiger partial charge in [-0.2, -0.15) is 5.10 Å². The van der Waals surface area contributed by atoms with Crippen LogP contribution in [0.2, 0.25) is 0 Å². The molecule has 0 aliphatic rings. The van der Waals surface area contributed by atoms with Crippen molar-refractivity contribution in [1.29, 1.82) is 0 Å². The number of carbonyl (C=O) groups is 1. The minimum atomic E-state index is -0.171. The van der Waals surface area contributed by atoms with Crippen LogP contribution in [0.4, 0.5) is 5.69 Å². The highest BCUT2D eigenvalue weighted by atomic mass is 16.1. The molecule has 5 nitrogen and oxygen atoms in total. The Morgan fingerprint density at radius 3 is 2.48 bits per heavy atom. The summed E-state index contributed by atoms with van der Waals surface area (Å²) in [5, 5.41) is 7.08. The van der Waals surface area contributed by atoms with Gasteiger partial charge in [-0.15, -0.1) is 0 Å². The third-order valence-electron chi connectivity index (χ3n) is 3.31. The third-order valence-corrected chi connectivity index (χ3v) is 3.31. The quantitative estimate of drug-likeness (QED) is 0.802. The normalized spacial score (nSPS) is 10.6. The molecule has 106 valence electrons. The standard InChI is InChI=1S/C16H16N4O/c1-12-5-7-13(8-6-12)18-15(21)14-11-17-19(2)16(14)20-9-3-4-10-20/h3-11H,1-2H3,(H,18,21). The Kier molecular flexibility index (Phi) is 3.31. The summed E-state index contributed by atoms with van der Waals surface area (Å²) < 4.78 is 3.56. The fraction of sp³-hybridized carbons (Fsp3) is 0.125. The molecule has 2 heterocycles. The molecule has 0 aliphatic carbocycles. The van der Waals surface area contributed by atoms with E-state index in [4.69, 9.17) is 0 Å². The molecular weight excluding hydrogens is 264 g/mol. The van der Waals surface area contributed by atoms with Gasteiger partial charge in [-0.25, -0.2) is 0 Å². The van der Waals surface area contributed by atoms with E-state index in [9.17, 15) is 4.79 Å². The topological polar surface area (TPSA) is 51.9 Å². The van der Waals surface area contributed by atoms with E-state index in [1.807, 2.05) is 67.3 Å². The van der Waals surface area contributed by atoms with Gasteiger partial charge in [-0.1, -0.05) is 17.7 Å². The van der Waals surface area contributed by atoms with Crippen molar-refractivity contribution in [2.45, 2.75) is 6.92 Å². The van der Waals surface area contributed by atoms with Crippen LogP contribution in [0.3, 0.4) is 0 Å². The molecule has 0 atom stereocenters. The van der Waals surface area contributed by atoms with Crippen LogP contribution in [-0.4, -0.2) is 20.3 Å². The zero-order chi connectivity index (χ0) is 14.8. The molecular formula is C16H16N4O. The second-order valence-corrected chi connectivity index (χ2v) is 4.92. The Morgan fingerprint density at radius 2 is 1.81 bits per heavy atom. The summed E-state index contributed by atoms with van der Waals surface area (Å²) in [6.45, 7) is 2.01. The van der Waals surface area contributed by atoms with Crippen LogP contribution in [0.5, 0.6) is 0 Å². The minimum Gasteiger partial charge on any atom is -0.322 e. The zero-order valence-electron chi connectivity index (χ0n) is 11.9. The van der Waals surface area contributed by atoms with E-state index in [0.29, 0.717) is 5.56 Å². The lowest BCUT2D eigenvalue weighted by molar-refractivity contribution is 0.102. The van der Waals surface area contributed by atoms with Crippen molar-refractivity contribution >= 4 is 11.6 Å². The first-order valence-corrected chi connectivity index (χ1v) is 6.68. The number of rotatable bonds is 3. The average Bonchev–Trinajstić information content (AvgIpc) is 3.10. The number of nitrogens with one attached hydrogen (secondary N) is 1. The third kappa shape index (κ3) is 2.58. The Morgan fingerprint density at radius 1 is 1.14 bits per heavy atom. The van der Waals surface area contributed by atoms with E-state index >= 15 is 0 Å². The number of benzene rings is 1. The summed E-state index contributed by atoms with van der Waals surface area (Å²) >= 11 is 0. The predicted molar refractivity (Wildman–Crippen MR) is 81.7 cm³/mol. The van der Waals surface area contributed by atoms with E-state index in [0.717, 1.165) is 17.1 Å². The highest BCUT2D eigenvalue weighted by Gasteiger charge is 2.17. The van der Waals surface area contributed by atoms with E-state index in [2.05, 4.69) is 10.4 Å². The largest absolute Gasteiger partial charge is 0.322 e. The van der Waals surface area contributed by atoms with Gasteiger partial charge in [0.05, 0.1) is 6.20 Å². The van der Waals surface area contributed by atoms with Gasteiger partial charge in [0.2, 0.25) is 0 Å². The summed E-state index contributed by atoms with van der Waals surface area (Å²) in [4.78, 5) is 12.5. The molecule has 0 saturated carbocycles. The Bertz CT molecular complexity index is 754. The fourth-order valence-corrected chi connectivity index (χ4v) is 2.21. The van der Waals surface area contributed by atoms with Crippen LogP contribution in [0.1, 0.15) is 15.9 Å². The van der Waals surface area contributed by atoms with Crippen LogP contribution >= 0.6 is 0 Å². The van der Waals surface area contributed by atoms with Crippen molar-refractivity contribution in [3.8, 4) is 5.82 Å². The number of hydrogen-bond donors (Lipinski definition) is 1. The van der Waals surface area contributed by atoms with E-state index in [-0.39, 0.29) is 5.91 Å². The molecule has 0 aliphatic heterocycles. The van der Waals surface area contributed by atoms with Crippen molar-refractivity contribution in [1.82, 2.24) is 14.3 Å². The molecule has 1 aromatic carbocycles. The average molecular weight is 280 g/mol. The molecule has 21 heavy (non-hydrogen) atoms. The Hall–Kier alpha value is -2.82. The van der Waals surface area contributed by atoms with E-state index in [1.165, 1.54) is 0 Å². The van der Waals surface area contributed by atoms with Crippen LogP contribution in [0.25, 0.3) is 5.82 Å². The molecule has 0 bridgehead atoms. The summed E-state index contributed by atoms with van der Waals surface area (Å²) in [5.41, 5.74) is 2.46. The van der Waals surface area contributed by atoms with Gasteiger partial charge in [0, 0.05) is 25.1 Å². The molecule has 1 N–H and O–H groups in total. The summed E-state index contributed by atoms with van der Waals surface area (Å²) in [7, 11) is 1.82. The van der Waals surface area contributed by atoms with Gasteiger partial charge >= 0.3 is 0 Å². The summed E-state index contributed by atoms with van der Waals surface area (Å²) in [5.74, 6) is 0.570. The number of hydrogen-bond acceptors (Lipinski definition) is 2. The Balaban J connectivity index is 1.90. The molecule has 0 saturated heterocycles. The van der Waals surface area contributed by atoms with Crippen molar-refractivity contribution < 1.29 is 4.79 Å². The number of aryl methyl sites for hydroxylation is 2. The van der Waals surface area contributed by atoms with Gasteiger partial charge in [0.15, 0.2) is 0 Å². The second-order valence-electron chi connectivity index (χ2n) is 4.92. The first kappa shape index (κ1) is 13.2. The van der Waals surface area contributed by atoms with Crippen LogP contribution in [0, 0.1) is 6.92 Å². The van der Waals surface area contributed by atoms with Gasteiger partial charge in [-0.3, -0.25) is 9.48 Å². The molecule has 0 radical (unpaired) electrons. The highest BCUT2D eigenvalue weighted by Crippen LogP contribution is 2.16. The number of carbonyl (C=O) groups excluding carboxylic acids is 1. The minimum absolute atomic E-state index is 0.171. The molecule has 0 fully saturated rings. The molecule has 3 rings (SSSR count). The summed E-state index contributed by atoms with van der Waals surface area (Å²) in [6, 6.07) is 11.5. The molecule has 0 spiro atoms. The van der Waals surface area contributed by atoms with Crippen molar-refractivity contribution in [3.05, 3.63) is 66.1 Å². The van der Waals surface area contributed by atoms with Gasteiger partial charge in [0.25, 0.3) is 5.91 Å². The van der Waals surface area contributed by atoms with E-state index < -0.39 is 0 Å². The molecule has 3 aromatic rings. The van der Waals surface area contributed by atoms with Crippen molar-refractivity contribution in [3.63, 3.8) is 0 Å². The number of aromatic nitrogens is 3. The number of nitrogens with zero attached hydrogens (tertiary/aromatic N) is 3. The van der Waals surface area contributed by atoms with Gasteiger partial charge in [0.1, 0.15) is 11.4 Å². The monoisotopic (exact) mass is 280 g/mol.